The lowest BCUT2D eigenvalue weighted by Crippen LogP contribution is -2.04. The van der Waals surface area contributed by atoms with E-state index in [0.717, 1.165) is 27.9 Å². The van der Waals surface area contributed by atoms with Crippen molar-refractivity contribution in [3.8, 4) is 28.6 Å². The lowest BCUT2D eigenvalue weighted by molar-refractivity contribution is 0.344. The van der Waals surface area contributed by atoms with Crippen molar-refractivity contribution in [1.82, 2.24) is 14.8 Å². The molecule has 0 aliphatic rings. The predicted octanol–water partition coefficient (Wildman–Crippen LogP) is 6.42. The Kier molecular flexibility index (Phi) is 7.02. The normalized spacial score (nSPS) is 10.8. The lowest BCUT2D eigenvalue weighted by Gasteiger charge is -2.12. The molecule has 158 valence electrons. The maximum Gasteiger partial charge on any atom is 0.196 e. The summed E-state index contributed by atoms with van der Waals surface area (Å²) < 4.78 is 13.3. The van der Waals surface area contributed by atoms with Crippen molar-refractivity contribution in [2.24, 2.45) is 0 Å². The van der Waals surface area contributed by atoms with Gasteiger partial charge in [-0.2, -0.15) is 0 Å². The van der Waals surface area contributed by atoms with Crippen molar-refractivity contribution < 1.29 is 9.47 Å². The summed E-state index contributed by atoms with van der Waals surface area (Å²) in [5.41, 5.74) is 1.77. The zero-order chi connectivity index (χ0) is 21.6. The largest absolute Gasteiger partial charge is 0.496 e. The smallest absolute Gasteiger partial charge is 0.196 e. The minimum Gasteiger partial charge on any atom is -0.496 e. The van der Waals surface area contributed by atoms with Gasteiger partial charge in [0.25, 0.3) is 0 Å². The van der Waals surface area contributed by atoms with Crippen LogP contribution in [0.25, 0.3) is 17.1 Å². The molecule has 0 spiro atoms. The summed E-state index contributed by atoms with van der Waals surface area (Å²) in [6.45, 7) is 0.518. The number of hydrogen-bond donors (Lipinski definition) is 0. The molecule has 0 saturated carbocycles. The molecule has 0 radical (unpaired) electrons. The maximum atomic E-state index is 6.10. The molecule has 5 nitrogen and oxygen atoms in total. The van der Waals surface area contributed by atoms with Crippen LogP contribution in [0.3, 0.4) is 0 Å². The van der Waals surface area contributed by atoms with Crippen LogP contribution in [0.5, 0.6) is 11.5 Å². The van der Waals surface area contributed by atoms with E-state index in [1.807, 2.05) is 65.2 Å². The quantitative estimate of drug-likeness (QED) is 0.219. The predicted molar refractivity (Wildman–Crippen MR) is 126 cm³/mol. The molecule has 0 saturated heterocycles. The summed E-state index contributed by atoms with van der Waals surface area (Å²) in [7, 11) is 1.64. The second-order valence-electron chi connectivity index (χ2n) is 6.47. The van der Waals surface area contributed by atoms with Gasteiger partial charge < -0.3 is 9.47 Å². The SMILES string of the molecule is COc1ccccc1-c1nnc(SCCOc2ccc(Cl)cc2)n1-c1ccc(Cl)cc1. The molecule has 0 fully saturated rings. The van der Waals surface area contributed by atoms with Gasteiger partial charge in [-0.15, -0.1) is 10.2 Å². The zero-order valence-corrected chi connectivity index (χ0v) is 19.0. The topological polar surface area (TPSA) is 49.2 Å². The number of methoxy groups -OCH3 is 1. The van der Waals surface area contributed by atoms with Gasteiger partial charge in [-0.05, 0) is 60.7 Å². The van der Waals surface area contributed by atoms with E-state index in [-0.39, 0.29) is 0 Å². The van der Waals surface area contributed by atoms with Crippen molar-refractivity contribution in [2.75, 3.05) is 19.5 Å². The third-order valence-electron chi connectivity index (χ3n) is 4.46. The molecular formula is C23H19Cl2N3O2S. The molecule has 8 heteroatoms. The van der Waals surface area contributed by atoms with Gasteiger partial charge in [-0.25, -0.2) is 0 Å². The monoisotopic (exact) mass is 471 g/mol. The summed E-state index contributed by atoms with van der Waals surface area (Å²) in [4.78, 5) is 0. The summed E-state index contributed by atoms with van der Waals surface area (Å²) in [6.07, 6.45) is 0. The first-order chi connectivity index (χ1) is 15.2. The van der Waals surface area contributed by atoms with E-state index in [1.165, 1.54) is 0 Å². The van der Waals surface area contributed by atoms with Gasteiger partial charge in [0.15, 0.2) is 11.0 Å². The standard InChI is InChI=1S/C23H19Cl2N3O2S/c1-29-21-5-3-2-4-20(21)22-26-27-23(28(22)18-10-6-16(24)7-11-18)31-15-14-30-19-12-8-17(25)9-13-19/h2-13H,14-15H2,1H3. The molecule has 0 aliphatic heterocycles. The number of halogens is 2. The number of ether oxygens (including phenoxy) is 2. The number of aromatic nitrogens is 3. The van der Waals surface area contributed by atoms with Gasteiger partial charge in [0.1, 0.15) is 11.5 Å². The van der Waals surface area contributed by atoms with Crippen molar-refractivity contribution >= 4 is 35.0 Å². The molecule has 4 aromatic rings. The fraction of sp³-hybridized carbons (Fsp3) is 0.130. The number of thioether (sulfide) groups is 1. The van der Waals surface area contributed by atoms with Crippen molar-refractivity contribution in [2.45, 2.75) is 5.16 Å². The van der Waals surface area contributed by atoms with Crippen LogP contribution < -0.4 is 9.47 Å². The fourth-order valence-corrected chi connectivity index (χ4v) is 4.03. The van der Waals surface area contributed by atoms with E-state index in [1.54, 1.807) is 31.0 Å². The third-order valence-corrected chi connectivity index (χ3v) is 5.86. The highest BCUT2D eigenvalue weighted by atomic mass is 35.5. The van der Waals surface area contributed by atoms with Crippen molar-refractivity contribution in [3.63, 3.8) is 0 Å². The Morgan fingerprint density at radius 3 is 2.26 bits per heavy atom. The highest BCUT2D eigenvalue weighted by molar-refractivity contribution is 7.99. The van der Waals surface area contributed by atoms with E-state index in [9.17, 15) is 0 Å². The van der Waals surface area contributed by atoms with Gasteiger partial charge in [-0.1, -0.05) is 47.1 Å². The van der Waals surface area contributed by atoms with E-state index >= 15 is 0 Å². The molecule has 4 rings (SSSR count). The van der Waals surface area contributed by atoms with Crippen LogP contribution >= 0.6 is 35.0 Å². The van der Waals surface area contributed by atoms with Crippen molar-refractivity contribution in [3.05, 3.63) is 82.8 Å². The van der Waals surface area contributed by atoms with Crippen LogP contribution in [0.4, 0.5) is 0 Å². The Balaban J connectivity index is 1.59. The van der Waals surface area contributed by atoms with E-state index in [2.05, 4.69) is 10.2 Å². The first kappa shape index (κ1) is 21.6. The Labute approximate surface area is 194 Å². The Morgan fingerprint density at radius 1 is 0.871 bits per heavy atom. The molecule has 0 atom stereocenters. The molecule has 0 amide bonds. The lowest BCUT2D eigenvalue weighted by atomic mass is 10.2. The molecule has 3 aromatic carbocycles. The first-order valence-electron chi connectivity index (χ1n) is 9.51. The second kappa shape index (κ2) is 10.1. The molecule has 0 unspecified atom stereocenters. The molecular weight excluding hydrogens is 453 g/mol. The summed E-state index contributed by atoms with van der Waals surface area (Å²) in [6, 6.07) is 22.6. The van der Waals surface area contributed by atoms with E-state index < -0.39 is 0 Å². The van der Waals surface area contributed by atoms with Gasteiger partial charge in [-0.3, -0.25) is 4.57 Å². The highest BCUT2D eigenvalue weighted by Gasteiger charge is 2.19. The number of rotatable bonds is 8. The van der Waals surface area contributed by atoms with Crippen LogP contribution in [-0.2, 0) is 0 Å². The maximum absolute atomic E-state index is 6.10. The van der Waals surface area contributed by atoms with Gasteiger partial charge in [0, 0.05) is 21.5 Å². The third kappa shape index (κ3) is 5.15. The number of nitrogens with zero attached hydrogens (tertiary/aromatic N) is 3. The van der Waals surface area contributed by atoms with Gasteiger partial charge in [0.05, 0.1) is 19.3 Å². The Hall–Kier alpha value is -2.67. The van der Waals surface area contributed by atoms with Crippen LogP contribution in [0.15, 0.2) is 78.0 Å². The molecule has 1 heterocycles. The van der Waals surface area contributed by atoms with Crippen LogP contribution in [0.2, 0.25) is 10.0 Å². The minimum absolute atomic E-state index is 0.518. The van der Waals surface area contributed by atoms with Crippen LogP contribution in [-0.4, -0.2) is 34.2 Å². The van der Waals surface area contributed by atoms with Crippen LogP contribution in [0, 0.1) is 0 Å². The molecule has 31 heavy (non-hydrogen) atoms. The summed E-state index contributed by atoms with van der Waals surface area (Å²) in [5.74, 6) is 2.90. The van der Waals surface area contributed by atoms with E-state index in [4.69, 9.17) is 32.7 Å². The average molecular weight is 472 g/mol. The number of para-hydroxylation sites is 1. The number of benzene rings is 3. The van der Waals surface area contributed by atoms with Crippen LogP contribution in [0.1, 0.15) is 0 Å². The summed E-state index contributed by atoms with van der Waals surface area (Å²) in [5, 5.41) is 11.0. The van der Waals surface area contributed by atoms with Gasteiger partial charge in [0.2, 0.25) is 0 Å². The van der Waals surface area contributed by atoms with Gasteiger partial charge >= 0.3 is 0 Å². The average Bonchev–Trinajstić information content (AvgIpc) is 3.22. The van der Waals surface area contributed by atoms with Crippen molar-refractivity contribution in [1.29, 1.82) is 0 Å². The Bertz CT molecular complexity index is 1150. The molecule has 0 bridgehead atoms. The van der Waals surface area contributed by atoms with E-state index in [0.29, 0.717) is 28.2 Å². The zero-order valence-electron chi connectivity index (χ0n) is 16.7. The summed E-state index contributed by atoms with van der Waals surface area (Å²) >= 11 is 13.6. The molecule has 1 aromatic heterocycles. The molecule has 0 N–H and O–H groups in total. The number of hydrogen-bond acceptors (Lipinski definition) is 5. The Morgan fingerprint density at radius 2 is 1.55 bits per heavy atom. The fourth-order valence-electron chi connectivity index (χ4n) is 3.01. The second-order valence-corrected chi connectivity index (χ2v) is 8.40. The minimum atomic E-state index is 0.518. The molecule has 0 aliphatic carbocycles. The first-order valence-corrected chi connectivity index (χ1v) is 11.3. The highest BCUT2D eigenvalue weighted by Crippen LogP contribution is 2.33.